The summed E-state index contributed by atoms with van der Waals surface area (Å²) in [6, 6.07) is 0.109. The SMILES string of the molecule is Cc1[nH]nc(C(=O)NC(C)C2CCOCC2)c1N. The minimum Gasteiger partial charge on any atom is -0.395 e. The Morgan fingerprint density at radius 3 is 2.78 bits per heavy atom. The van der Waals surface area contributed by atoms with Crippen LogP contribution in [0, 0.1) is 12.8 Å². The average Bonchev–Trinajstić information content (AvgIpc) is 2.71. The van der Waals surface area contributed by atoms with Crippen LogP contribution >= 0.6 is 0 Å². The summed E-state index contributed by atoms with van der Waals surface area (Å²) in [6.07, 6.45) is 1.97. The van der Waals surface area contributed by atoms with E-state index in [1.807, 2.05) is 6.92 Å². The number of amides is 1. The van der Waals surface area contributed by atoms with Gasteiger partial charge in [-0.2, -0.15) is 5.10 Å². The number of nitrogens with two attached hydrogens (primary N) is 1. The van der Waals surface area contributed by atoms with Gasteiger partial charge in [0.1, 0.15) is 0 Å². The highest BCUT2D eigenvalue weighted by Crippen LogP contribution is 2.19. The Bertz CT molecular complexity index is 424. The third-order valence-corrected chi connectivity index (χ3v) is 3.54. The molecule has 0 bridgehead atoms. The lowest BCUT2D eigenvalue weighted by molar-refractivity contribution is 0.0537. The summed E-state index contributed by atoms with van der Waals surface area (Å²) >= 11 is 0. The van der Waals surface area contributed by atoms with Crippen LogP contribution in [0.2, 0.25) is 0 Å². The molecule has 6 heteroatoms. The molecule has 4 N–H and O–H groups in total. The van der Waals surface area contributed by atoms with E-state index >= 15 is 0 Å². The molecule has 1 fully saturated rings. The van der Waals surface area contributed by atoms with Crippen molar-refractivity contribution in [3.63, 3.8) is 0 Å². The van der Waals surface area contributed by atoms with Crippen LogP contribution in [0.15, 0.2) is 0 Å². The molecule has 1 aliphatic heterocycles. The number of H-pyrrole nitrogens is 1. The second kappa shape index (κ2) is 5.39. The quantitative estimate of drug-likeness (QED) is 0.743. The van der Waals surface area contributed by atoms with E-state index in [0.29, 0.717) is 11.6 Å². The number of nitrogens with one attached hydrogen (secondary N) is 2. The van der Waals surface area contributed by atoms with Crippen LogP contribution in [0.5, 0.6) is 0 Å². The summed E-state index contributed by atoms with van der Waals surface area (Å²) in [4.78, 5) is 12.0. The first-order chi connectivity index (χ1) is 8.59. The molecule has 1 aromatic rings. The monoisotopic (exact) mass is 252 g/mol. The van der Waals surface area contributed by atoms with Gasteiger partial charge in [0.15, 0.2) is 5.69 Å². The standard InChI is InChI=1S/C12H20N4O2/c1-7(9-3-5-18-6-4-9)14-12(17)11-10(13)8(2)15-16-11/h7,9H,3-6,13H2,1-2H3,(H,14,17)(H,15,16). The molecule has 1 aromatic heterocycles. The number of aromatic amines is 1. The van der Waals surface area contributed by atoms with Gasteiger partial charge in [-0.05, 0) is 32.6 Å². The molecule has 1 saturated heterocycles. The Kier molecular flexibility index (Phi) is 3.86. The molecule has 1 amide bonds. The number of rotatable bonds is 3. The highest BCUT2D eigenvalue weighted by molar-refractivity contribution is 5.97. The summed E-state index contributed by atoms with van der Waals surface area (Å²) in [5.74, 6) is 0.250. The topological polar surface area (TPSA) is 93.0 Å². The van der Waals surface area contributed by atoms with Crippen molar-refractivity contribution in [2.75, 3.05) is 18.9 Å². The normalized spacial score (nSPS) is 18.6. The third kappa shape index (κ3) is 2.64. The van der Waals surface area contributed by atoms with E-state index < -0.39 is 0 Å². The fraction of sp³-hybridized carbons (Fsp3) is 0.667. The van der Waals surface area contributed by atoms with E-state index in [2.05, 4.69) is 15.5 Å². The van der Waals surface area contributed by atoms with Gasteiger partial charge in [0.25, 0.3) is 5.91 Å². The number of carbonyl (C=O) groups is 1. The molecule has 1 aliphatic rings. The zero-order valence-corrected chi connectivity index (χ0v) is 10.8. The van der Waals surface area contributed by atoms with Crippen LogP contribution in [-0.4, -0.2) is 35.4 Å². The van der Waals surface area contributed by atoms with Gasteiger partial charge in [-0.25, -0.2) is 0 Å². The number of nitrogens with zero attached hydrogens (tertiary/aromatic N) is 1. The minimum absolute atomic E-state index is 0.109. The summed E-state index contributed by atoms with van der Waals surface area (Å²) in [7, 11) is 0. The molecular formula is C12H20N4O2. The molecule has 0 aromatic carbocycles. The maximum absolute atomic E-state index is 12.0. The second-order valence-corrected chi connectivity index (χ2v) is 4.82. The molecule has 6 nitrogen and oxygen atoms in total. The number of aromatic nitrogens is 2. The third-order valence-electron chi connectivity index (χ3n) is 3.54. The van der Waals surface area contributed by atoms with Crippen LogP contribution in [0.1, 0.15) is 35.9 Å². The van der Waals surface area contributed by atoms with Gasteiger partial charge < -0.3 is 15.8 Å². The molecule has 0 radical (unpaired) electrons. The van der Waals surface area contributed by atoms with Crippen molar-refractivity contribution in [1.29, 1.82) is 0 Å². The van der Waals surface area contributed by atoms with Crippen molar-refractivity contribution < 1.29 is 9.53 Å². The molecule has 0 saturated carbocycles. The number of aryl methyl sites for hydroxylation is 1. The first-order valence-corrected chi connectivity index (χ1v) is 6.28. The molecule has 2 heterocycles. The Balaban J connectivity index is 1.96. The number of carbonyl (C=O) groups excluding carboxylic acids is 1. The number of nitrogen functional groups attached to an aromatic ring is 1. The fourth-order valence-electron chi connectivity index (χ4n) is 2.22. The fourth-order valence-corrected chi connectivity index (χ4v) is 2.22. The molecule has 2 rings (SSSR count). The Labute approximate surface area is 106 Å². The van der Waals surface area contributed by atoms with Gasteiger partial charge in [0.05, 0.1) is 11.4 Å². The van der Waals surface area contributed by atoms with Crippen molar-refractivity contribution >= 4 is 11.6 Å². The largest absolute Gasteiger partial charge is 0.395 e. The number of hydrogen-bond donors (Lipinski definition) is 3. The van der Waals surface area contributed by atoms with E-state index in [4.69, 9.17) is 10.5 Å². The summed E-state index contributed by atoms with van der Waals surface area (Å²) < 4.78 is 5.31. The summed E-state index contributed by atoms with van der Waals surface area (Å²) in [6.45, 7) is 5.35. The first kappa shape index (κ1) is 12.9. The lowest BCUT2D eigenvalue weighted by Crippen LogP contribution is -2.40. The summed E-state index contributed by atoms with van der Waals surface area (Å²) in [5.41, 5.74) is 7.21. The van der Waals surface area contributed by atoms with Crippen molar-refractivity contribution in [3.05, 3.63) is 11.4 Å². The van der Waals surface area contributed by atoms with Gasteiger partial charge in [-0.1, -0.05) is 0 Å². The molecule has 18 heavy (non-hydrogen) atoms. The number of hydrogen-bond acceptors (Lipinski definition) is 4. The van der Waals surface area contributed by atoms with E-state index in [-0.39, 0.29) is 17.6 Å². The van der Waals surface area contributed by atoms with Gasteiger partial charge in [-0.15, -0.1) is 0 Å². The van der Waals surface area contributed by atoms with E-state index in [1.165, 1.54) is 0 Å². The van der Waals surface area contributed by atoms with Crippen molar-refractivity contribution in [2.24, 2.45) is 5.92 Å². The molecule has 0 aliphatic carbocycles. The van der Waals surface area contributed by atoms with Crippen molar-refractivity contribution in [3.8, 4) is 0 Å². The Morgan fingerprint density at radius 2 is 2.22 bits per heavy atom. The van der Waals surface area contributed by atoms with Gasteiger partial charge in [-0.3, -0.25) is 9.89 Å². The van der Waals surface area contributed by atoms with Gasteiger partial charge >= 0.3 is 0 Å². The maximum Gasteiger partial charge on any atom is 0.274 e. The molecular weight excluding hydrogens is 232 g/mol. The zero-order chi connectivity index (χ0) is 13.1. The zero-order valence-electron chi connectivity index (χ0n) is 10.8. The maximum atomic E-state index is 12.0. The van der Waals surface area contributed by atoms with Gasteiger partial charge in [0.2, 0.25) is 0 Å². The van der Waals surface area contributed by atoms with E-state index in [0.717, 1.165) is 31.7 Å². The number of anilines is 1. The lowest BCUT2D eigenvalue weighted by Gasteiger charge is -2.28. The van der Waals surface area contributed by atoms with Gasteiger partial charge in [0, 0.05) is 19.3 Å². The summed E-state index contributed by atoms with van der Waals surface area (Å²) in [5, 5.41) is 9.60. The van der Waals surface area contributed by atoms with Crippen LogP contribution in [0.3, 0.4) is 0 Å². The lowest BCUT2D eigenvalue weighted by atomic mass is 9.93. The first-order valence-electron chi connectivity index (χ1n) is 6.28. The highest BCUT2D eigenvalue weighted by atomic mass is 16.5. The molecule has 0 spiro atoms. The van der Waals surface area contributed by atoms with E-state index in [9.17, 15) is 4.79 Å². The average molecular weight is 252 g/mol. The number of ether oxygens (including phenoxy) is 1. The van der Waals surface area contributed by atoms with E-state index in [1.54, 1.807) is 6.92 Å². The molecule has 100 valence electrons. The molecule has 1 atom stereocenters. The Hall–Kier alpha value is -1.56. The van der Waals surface area contributed by atoms with Crippen molar-refractivity contribution in [2.45, 2.75) is 32.7 Å². The minimum atomic E-state index is -0.212. The molecule has 1 unspecified atom stereocenters. The van der Waals surface area contributed by atoms with Crippen molar-refractivity contribution in [1.82, 2.24) is 15.5 Å². The van der Waals surface area contributed by atoms with Crippen LogP contribution < -0.4 is 11.1 Å². The second-order valence-electron chi connectivity index (χ2n) is 4.82. The van der Waals surface area contributed by atoms with Crippen LogP contribution in [0.25, 0.3) is 0 Å². The highest BCUT2D eigenvalue weighted by Gasteiger charge is 2.24. The Morgan fingerprint density at radius 1 is 1.56 bits per heavy atom. The smallest absolute Gasteiger partial charge is 0.274 e. The predicted octanol–water partition coefficient (Wildman–Crippen LogP) is 0.845. The van der Waals surface area contributed by atoms with Crippen LogP contribution in [0.4, 0.5) is 5.69 Å². The predicted molar refractivity (Wildman–Crippen MR) is 68.2 cm³/mol. The van der Waals surface area contributed by atoms with Crippen LogP contribution in [-0.2, 0) is 4.74 Å².